The maximum absolute atomic E-state index is 2.59. The van der Waals surface area contributed by atoms with Gasteiger partial charge < -0.3 is 9.80 Å². The smallest absolute Gasteiger partial charge is 0.0398 e. The van der Waals surface area contributed by atoms with Gasteiger partial charge in [0, 0.05) is 37.6 Å². The van der Waals surface area contributed by atoms with E-state index >= 15 is 0 Å². The molecule has 1 atom stereocenters. The van der Waals surface area contributed by atoms with E-state index in [2.05, 4.69) is 65.3 Å². The van der Waals surface area contributed by atoms with Gasteiger partial charge in [0.25, 0.3) is 0 Å². The van der Waals surface area contributed by atoms with Gasteiger partial charge in [0.15, 0.2) is 0 Å². The van der Waals surface area contributed by atoms with Crippen LogP contribution in [-0.4, -0.2) is 26.2 Å². The predicted molar refractivity (Wildman–Crippen MR) is 103 cm³/mol. The van der Waals surface area contributed by atoms with Crippen molar-refractivity contribution in [2.45, 2.75) is 32.6 Å². The molecule has 1 unspecified atom stereocenters. The molecular weight excluding hydrogens is 292 g/mol. The second-order valence-corrected chi connectivity index (χ2v) is 7.47. The molecule has 2 aromatic rings. The molecule has 0 saturated carbocycles. The van der Waals surface area contributed by atoms with Crippen LogP contribution in [0.5, 0.6) is 0 Å². The predicted octanol–water partition coefficient (Wildman–Crippen LogP) is 4.66. The molecule has 0 N–H and O–H groups in total. The molecule has 126 valence electrons. The number of rotatable bonds is 4. The van der Waals surface area contributed by atoms with Crippen LogP contribution < -0.4 is 9.80 Å². The molecule has 2 fully saturated rings. The molecule has 2 nitrogen and oxygen atoms in total. The van der Waals surface area contributed by atoms with Crippen molar-refractivity contribution in [3.05, 3.63) is 59.7 Å². The standard InChI is InChI=1S/C22H28N2/c1-18-7-6-9-21(15-18)24-14-11-19(17-24)16-20-8-2-3-10-22(20)23-12-4-5-13-23/h2-3,6-10,15,19H,4-5,11-14,16-17H2,1H3. The highest BCUT2D eigenvalue weighted by molar-refractivity contribution is 5.55. The first-order chi connectivity index (χ1) is 11.8. The van der Waals surface area contributed by atoms with E-state index < -0.39 is 0 Å². The van der Waals surface area contributed by atoms with Gasteiger partial charge in [-0.25, -0.2) is 0 Å². The maximum atomic E-state index is 2.59. The van der Waals surface area contributed by atoms with Crippen molar-refractivity contribution in [3.8, 4) is 0 Å². The molecule has 0 aromatic heterocycles. The van der Waals surface area contributed by atoms with E-state index in [9.17, 15) is 0 Å². The molecular formula is C22H28N2. The van der Waals surface area contributed by atoms with E-state index in [4.69, 9.17) is 0 Å². The van der Waals surface area contributed by atoms with Crippen LogP contribution in [0.4, 0.5) is 11.4 Å². The molecule has 2 aliphatic rings. The second-order valence-electron chi connectivity index (χ2n) is 7.47. The molecule has 2 aromatic carbocycles. The Morgan fingerprint density at radius 2 is 1.75 bits per heavy atom. The zero-order chi connectivity index (χ0) is 16.4. The number of benzene rings is 2. The Labute approximate surface area is 146 Å². The molecule has 4 rings (SSSR count). The third-order valence-electron chi connectivity index (χ3n) is 5.60. The summed E-state index contributed by atoms with van der Waals surface area (Å²) in [6, 6.07) is 18.0. The summed E-state index contributed by atoms with van der Waals surface area (Å²) in [5.74, 6) is 0.772. The Bertz CT molecular complexity index is 688. The van der Waals surface area contributed by atoms with E-state index in [1.807, 2.05) is 0 Å². The van der Waals surface area contributed by atoms with E-state index in [0.29, 0.717) is 0 Å². The van der Waals surface area contributed by atoms with Gasteiger partial charge in [-0.1, -0.05) is 30.3 Å². The molecule has 0 amide bonds. The van der Waals surface area contributed by atoms with E-state index in [1.165, 1.54) is 68.8 Å². The highest BCUT2D eigenvalue weighted by atomic mass is 15.2. The fourth-order valence-corrected chi connectivity index (χ4v) is 4.32. The van der Waals surface area contributed by atoms with Crippen LogP contribution in [-0.2, 0) is 6.42 Å². The molecule has 2 aliphatic heterocycles. The van der Waals surface area contributed by atoms with E-state index in [-0.39, 0.29) is 0 Å². The number of hydrogen-bond acceptors (Lipinski definition) is 2. The van der Waals surface area contributed by atoms with Crippen LogP contribution in [0.25, 0.3) is 0 Å². The lowest BCUT2D eigenvalue weighted by Gasteiger charge is -2.23. The lowest BCUT2D eigenvalue weighted by atomic mass is 9.97. The van der Waals surface area contributed by atoms with Crippen molar-refractivity contribution in [3.63, 3.8) is 0 Å². The number of hydrogen-bond donors (Lipinski definition) is 0. The lowest BCUT2D eigenvalue weighted by molar-refractivity contribution is 0.586. The van der Waals surface area contributed by atoms with Gasteiger partial charge in [0.2, 0.25) is 0 Å². The molecule has 0 bridgehead atoms. The Morgan fingerprint density at radius 1 is 0.917 bits per heavy atom. The molecule has 2 saturated heterocycles. The highest BCUT2D eigenvalue weighted by Gasteiger charge is 2.24. The molecule has 2 heterocycles. The Morgan fingerprint density at radius 3 is 2.58 bits per heavy atom. The monoisotopic (exact) mass is 320 g/mol. The van der Waals surface area contributed by atoms with E-state index in [0.717, 1.165) is 5.92 Å². The average molecular weight is 320 g/mol. The Kier molecular flexibility index (Phi) is 4.46. The molecule has 2 heteroatoms. The third kappa shape index (κ3) is 3.28. The number of anilines is 2. The van der Waals surface area contributed by atoms with Gasteiger partial charge in [-0.15, -0.1) is 0 Å². The first kappa shape index (κ1) is 15.6. The third-order valence-corrected chi connectivity index (χ3v) is 5.60. The minimum absolute atomic E-state index is 0.772. The minimum atomic E-state index is 0.772. The number of aryl methyl sites for hydroxylation is 1. The quantitative estimate of drug-likeness (QED) is 0.808. The van der Waals surface area contributed by atoms with Crippen molar-refractivity contribution < 1.29 is 0 Å². The zero-order valence-electron chi connectivity index (χ0n) is 14.7. The Hall–Kier alpha value is -1.96. The summed E-state index contributed by atoms with van der Waals surface area (Å²) >= 11 is 0. The van der Waals surface area contributed by atoms with Gasteiger partial charge in [0.05, 0.1) is 0 Å². The minimum Gasteiger partial charge on any atom is -0.371 e. The van der Waals surface area contributed by atoms with Gasteiger partial charge >= 0.3 is 0 Å². The SMILES string of the molecule is Cc1cccc(N2CCC(Cc3ccccc3N3CCCC3)C2)c1. The second kappa shape index (κ2) is 6.88. The van der Waals surface area contributed by atoms with E-state index in [1.54, 1.807) is 5.56 Å². The van der Waals surface area contributed by atoms with Crippen LogP contribution in [0.1, 0.15) is 30.4 Å². The Balaban J connectivity index is 1.45. The molecule has 0 aliphatic carbocycles. The molecule has 0 radical (unpaired) electrons. The number of para-hydroxylation sites is 1. The average Bonchev–Trinajstić information content (AvgIpc) is 3.27. The van der Waals surface area contributed by atoms with Gasteiger partial charge in [-0.2, -0.15) is 0 Å². The van der Waals surface area contributed by atoms with Crippen LogP contribution in [0.3, 0.4) is 0 Å². The zero-order valence-corrected chi connectivity index (χ0v) is 14.7. The van der Waals surface area contributed by atoms with Crippen LogP contribution in [0.15, 0.2) is 48.5 Å². The summed E-state index contributed by atoms with van der Waals surface area (Å²) in [6.45, 7) is 7.04. The summed E-state index contributed by atoms with van der Waals surface area (Å²) in [5, 5.41) is 0. The summed E-state index contributed by atoms with van der Waals surface area (Å²) in [7, 11) is 0. The largest absolute Gasteiger partial charge is 0.371 e. The summed E-state index contributed by atoms with van der Waals surface area (Å²) in [5.41, 5.74) is 5.79. The van der Waals surface area contributed by atoms with Crippen molar-refractivity contribution in [2.75, 3.05) is 36.0 Å². The highest BCUT2D eigenvalue weighted by Crippen LogP contribution is 2.31. The van der Waals surface area contributed by atoms with Gasteiger partial charge in [-0.3, -0.25) is 0 Å². The first-order valence-corrected chi connectivity index (χ1v) is 9.44. The summed E-state index contributed by atoms with van der Waals surface area (Å²) in [6.07, 6.45) is 5.22. The fraction of sp³-hybridized carbons (Fsp3) is 0.455. The van der Waals surface area contributed by atoms with Crippen molar-refractivity contribution in [1.82, 2.24) is 0 Å². The topological polar surface area (TPSA) is 6.48 Å². The number of nitrogens with zero attached hydrogens (tertiary/aromatic N) is 2. The molecule has 0 spiro atoms. The molecule has 24 heavy (non-hydrogen) atoms. The first-order valence-electron chi connectivity index (χ1n) is 9.44. The summed E-state index contributed by atoms with van der Waals surface area (Å²) < 4.78 is 0. The van der Waals surface area contributed by atoms with Crippen molar-refractivity contribution >= 4 is 11.4 Å². The fourth-order valence-electron chi connectivity index (χ4n) is 4.32. The van der Waals surface area contributed by atoms with Crippen LogP contribution >= 0.6 is 0 Å². The van der Waals surface area contributed by atoms with Crippen LogP contribution in [0, 0.1) is 12.8 Å². The van der Waals surface area contributed by atoms with Crippen molar-refractivity contribution in [2.24, 2.45) is 5.92 Å². The van der Waals surface area contributed by atoms with Crippen molar-refractivity contribution in [1.29, 1.82) is 0 Å². The van der Waals surface area contributed by atoms with Gasteiger partial charge in [-0.05, 0) is 67.9 Å². The van der Waals surface area contributed by atoms with Crippen LogP contribution in [0.2, 0.25) is 0 Å². The van der Waals surface area contributed by atoms with Gasteiger partial charge in [0.1, 0.15) is 0 Å². The lowest BCUT2D eigenvalue weighted by Crippen LogP contribution is -2.22. The normalized spacial score (nSPS) is 20.8. The maximum Gasteiger partial charge on any atom is 0.0398 e. The summed E-state index contributed by atoms with van der Waals surface area (Å²) in [4.78, 5) is 5.15.